The summed E-state index contributed by atoms with van der Waals surface area (Å²) >= 11 is 0. The van der Waals surface area contributed by atoms with Gasteiger partial charge in [0.25, 0.3) is 0 Å². The minimum Gasteiger partial charge on any atom is -0.342 e. The van der Waals surface area contributed by atoms with Crippen LogP contribution in [0.15, 0.2) is 30.3 Å². The summed E-state index contributed by atoms with van der Waals surface area (Å²) in [6.07, 6.45) is 4.05. The van der Waals surface area contributed by atoms with Crippen LogP contribution in [-0.2, 0) is 0 Å². The third-order valence-electron chi connectivity index (χ3n) is 2.38. The van der Waals surface area contributed by atoms with Crippen LogP contribution in [0.3, 0.4) is 0 Å². The Morgan fingerprint density at radius 3 is 2.40 bits per heavy atom. The maximum absolute atomic E-state index is 4.38. The van der Waals surface area contributed by atoms with Gasteiger partial charge in [-0.05, 0) is 25.5 Å². The molecule has 0 radical (unpaired) electrons. The minimum absolute atomic E-state index is 0.911. The van der Waals surface area contributed by atoms with Crippen molar-refractivity contribution < 1.29 is 0 Å². The van der Waals surface area contributed by atoms with Crippen LogP contribution in [-0.4, -0.2) is 9.97 Å². The number of imidazole rings is 1. The van der Waals surface area contributed by atoms with Gasteiger partial charge in [0.15, 0.2) is 0 Å². The van der Waals surface area contributed by atoms with Crippen molar-refractivity contribution in [2.24, 2.45) is 0 Å². The number of aromatic amines is 1. The van der Waals surface area contributed by atoms with Crippen LogP contribution in [0.4, 0.5) is 0 Å². The fourth-order valence-electron chi connectivity index (χ4n) is 1.39. The first-order valence-corrected chi connectivity index (χ1v) is 5.02. The minimum atomic E-state index is 0.911. The molecule has 15 heavy (non-hydrogen) atoms. The fraction of sp³-hybridized carbons (Fsp3) is 0.154. The highest BCUT2D eigenvalue weighted by molar-refractivity contribution is 5.66. The molecule has 2 heteroatoms. The lowest BCUT2D eigenvalue weighted by Gasteiger charge is -1.89. The van der Waals surface area contributed by atoms with E-state index >= 15 is 0 Å². The molecule has 2 nitrogen and oxygen atoms in total. The van der Waals surface area contributed by atoms with Crippen molar-refractivity contribution in [2.75, 3.05) is 0 Å². The van der Waals surface area contributed by atoms with Gasteiger partial charge in [-0.25, -0.2) is 4.98 Å². The van der Waals surface area contributed by atoms with Crippen LogP contribution in [0.5, 0.6) is 0 Å². The molecule has 76 valence electrons. The molecule has 0 aliphatic carbocycles. The number of aromatic nitrogens is 2. The molecule has 0 aliphatic rings. The maximum Gasteiger partial charge on any atom is 0.130 e. The highest BCUT2D eigenvalue weighted by atomic mass is 14.9. The molecule has 0 atom stereocenters. The van der Waals surface area contributed by atoms with E-state index in [1.807, 2.05) is 38.1 Å². The molecule has 0 saturated carbocycles. The lowest BCUT2D eigenvalue weighted by atomic mass is 10.2. The molecule has 1 heterocycles. The van der Waals surface area contributed by atoms with E-state index < -0.39 is 0 Å². The van der Waals surface area contributed by atoms with Crippen LogP contribution >= 0.6 is 0 Å². The Labute approximate surface area is 89.7 Å². The zero-order valence-corrected chi connectivity index (χ0v) is 8.99. The molecule has 0 fully saturated rings. The van der Waals surface area contributed by atoms with Gasteiger partial charge in [0.05, 0.1) is 5.69 Å². The molecule has 0 saturated heterocycles. The summed E-state index contributed by atoms with van der Waals surface area (Å²) in [5.74, 6) is 0.911. The standard InChI is InChI=1S/C13H14N2/c1-10-11(2)15-13(14-10)9-8-12-6-4-3-5-7-12/h3-9H,1-2H3,(H,14,15)/b9-8+. The number of aryl methyl sites for hydroxylation is 2. The van der Waals surface area contributed by atoms with Crippen LogP contribution in [0.1, 0.15) is 22.8 Å². The van der Waals surface area contributed by atoms with Crippen molar-refractivity contribution in [1.29, 1.82) is 0 Å². The van der Waals surface area contributed by atoms with Crippen LogP contribution < -0.4 is 0 Å². The number of rotatable bonds is 2. The summed E-state index contributed by atoms with van der Waals surface area (Å²) in [5, 5.41) is 0. The fourth-order valence-corrected chi connectivity index (χ4v) is 1.39. The van der Waals surface area contributed by atoms with Crippen molar-refractivity contribution in [3.63, 3.8) is 0 Å². The zero-order valence-electron chi connectivity index (χ0n) is 8.99. The molecular weight excluding hydrogens is 184 g/mol. The molecule has 0 bridgehead atoms. The number of hydrogen-bond acceptors (Lipinski definition) is 1. The second-order valence-electron chi connectivity index (χ2n) is 3.58. The second-order valence-corrected chi connectivity index (χ2v) is 3.58. The average molecular weight is 198 g/mol. The van der Waals surface area contributed by atoms with Crippen LogP contribution in [0.25, 0.3) is 12.2 Å². The number of hydrogen-bond donors (Lipinski definition) is 1. The number of benzene rings is 1. The number of nitrogens with one attached hydrogen (secondary N) is 1. The van der Waals surface area contributed by atoms with Crippen LogP contribution in [0.2, 0.25) is 0 Å². The number of nitrogens with zero attached hydrogens (tertiary/aromatic N) is 1. The van der Waals surface area contributed by atoms with Crippen molar-refractivity contribution in [1.82, 2.24) is 9.97 Å². The largest absolute Gasteiger partial charge is 0.342 e. The summed E-state index contributed by atoms with van der Waals surface area (Å²) in [4.78, 5) is 7.60. The monoisotopic (exact) mass is 198 g/mol. The molecule has 1 aromatic heterocycles. The predicted octanol–water partition coefficient (Wildman–Crippen LogP) is 3.20. The van der Waals surface area contributed by atoms with Crippen molar-refractivity contribution >= 4 is 12.2 Å². The summed E-state index contributed by atoms with van der Waals surface area (Å²) in [5.41, 5.74) is 3.37. The summed E-state index contributed by atoms with van der Waals surface area (Å²) in [6, 6.07) is 10.2. The Morgan fingerprint density at radius 2 is 1.80 bits per heavy atom. The van der Waals surface area contributed by atoms with Crippen molar-refractivity contribution in [3.05, 3.63) is 53.1 Å². The van der Waals surface area contributed by atoms with Crippen LogP contribution in [0, 0.1) is 13.8 Å². The third kappa shape index (κ3) is 2.34. The SMILES string of the molecule is Cc1nc(/C=C/c2ccccc2)[nH]c1C. The Balaban J connectivity index is 2.19. The predicted molar refractivity (Wildman–Crippen MR) is 63.4 cm³/mol. The van der Waals surface area contributed by atoms with E-state index in [9.17, 15) is 0 Å². The Kier molecular flexibility index (Phi) is 2.68. The molecule has 1 aromatic carbocycles. The maximum atomic E-state index is 4.38. The smallest absolute Gasteiger partial charge is 0.130 e. The molecular formula is C13H14N2. The van der Waals surface area contributed by atoms with E-state index in [0.717, 1.165) is 17.2 Å². The zero-order chi connectivity index (χ0) is 10.7. The van der Waals surface area contributed by atoms with Gasteiger partial charge in [-0.2, -0.15) is 0 Å². The van der Waals surface area contributed by atoms with Crippen molar-refractivity contribution in [2.45, 2.75) is 13.8 Å². The second kappa shape index (κ2) is 4.13. The van der Waals surface area contributed by atoms with E-state index in [1.54, 1.807) is 0 Å². The normalized spacial score (nSPS) is 11.1. The highest BCUT2D eigenvalue weighted by Crippen LogP contribution is 2.07. The topological polar surface area (TPSA) is 28.7 Å². The Bertz CT molecular complexity index is 447. The molecule has 0 spiro atoms. The molecule has 1 N–H and O–H groups in total. The van der Waals surface area contributed by atoms with E-state index in [1.165, 1.54) is 5.56 Å². The first-order valence-electron chi connectivity index (χ1n) is 5.02. The van der Waals surface area contributed by atoms with Crippen molar-refractivity contribution in [3.8, 4) is 0 Å². The first-order chi connectivity index (χ1) is 7.25. The van der Waals surface area contributed by atoms with Gasteiger partial charge in [-0.3, -0.25) is 0 Å². The summed E-state index contributed by atoms with van der Waals surface area (Å²) in [7, 11) is 0. The summed E-state index contributed by atoms with van der Waals surface area (Å²) < 4.78 is 0. The first kappa shape index (κ1) is 9.71. The quantitative estimate of drug-likeness (QED) is 0.788. The number of H-pyrrole nitrogens is 1. The van der Waals surface area contributed by atoms with Gasteiger partial charge in [-0.15, -0.1) is 0 Å². The summed E-state index contributed by atoms with van der Waals surface area (Å²) in [6.45, 7) is 4.04. The Morgan fingerprint density at radius 1 is 1.07 bits per heavy atom. The van der Waals surface area contributed by atoms with E-state index in [0.29, 0.717) is 0 Å². The molecule has 2 aromatic rings. The van der Waals surface area contributed by atoms with E-state index in [4.69, 9.17) is 0 Å². The van der Waals surface area contributed by atoms with Gasteiger partial charge in [-0.1, -0.05) is 36.4 Å². The highest BCUT2D eigenvalue weighted by Gasteiger charge is 1.97. The van der Waals surface area contributed by atoms with Gasteiger partial charge in [0, 0.05) is 5.69 Å². The van der Waals surface area contributed by atoms with E-state index in [2.05, 4.69) is 28.2 Å². The van der Waals surface area contributed by atoms with Gasteiger partial charge >= 0.3 is 0 Å². The lowest BCUT2D eigenvalue weighted by Crippen LogP contribution is -1.75. The Hall–Kier alpha value is -1.83. The third-order valence-corrected chi connectivity index (χ3v) is 2.38. The average Bonchev–Trinajstić information content (AvgIpc) is 2.57. The molecule has 0 unspecified atom stereocenters. The molecule has 2 rings (SSSR count). The van der Waals surface area contributed by atoms with Gasteiger partial charge in [0.2, 0.25) is 0 Å². The lowest BCUT2D eigenvalue weighted by molar-refractivity contribution is 1.22. The molecule has 0 aliphatic heterocycles. The van der Waals surface area contributed by atoms with Gasteiger partial charge in [0.1, 0.15) is 5.82 Å². The van der Waals surface area contributed by atoms with Gasteiger partial charge < -0.3 is 4.98 Å². The molecule has 0 amide bonds. The van der Waals surface area contributed by atoms with E-state index in [-0.39, 0.29) is 0 Å².